The molecule has 2 aromatic heterocycles. The Morgan fingerprint density at radius 2 is 2.45 bits per heavy atom. The Bertz CT molecular complexity index is 368. The van der Waals surface area contributed by atoms with Crippen LogP contribution in [-0.2, 0) is 0 Å². The predicted octanol–water partition coefficient (Wildman–Crippen LogP) is 0.538. The van der Waals surface area contributed by atoms with Gasteiger partial charge in [0.25, 0.3) is 0 Å². The van der Waals surface area contributed by atoms with Crippen molar-refractivity contribution in [2.75, 3.05) is 7.11 Å². The Hall–Kier alpha value is -1.58. The Morgan fingerprint density at radius 3 is 3.27 bits per heavy atom. The summed E-state index contributed by atoms with van der Waals surface area (Å²) in [7, 11) is 1.58. The fourth-order valence-corrected chi connectivity index (χ4v) is 0.855. The number of fused-ring (bicyclic) bond motifs is 1. The van der Waals surface area contributed by atoms with Gasteiger partial charge in [0.15, 0.2) is 5.65 Å². The summed E-state index contributed by atoms with van der Waals surface area (Å²) in [4.78, 5) is 3.91. The Kier molecular flexibility index (Phi) is 1.25. The van der Waals surface area contributed by atoms with Crippen LogP contribution in [0.25, 0.3) is 5.65 Å². The number of hydrogen-bond donors (Lipinski definition) is 0. The van der Waals surface area contributed by atoms with Crippen molar-refractivity contribution in [1.82, 2.24) is 14.6 Å². The maximum Gasteiger partial charge on any atom is 0.231 e. The first kappa shape index (κ1) is 6.15. The largest absolute Gasteiger partial charge is 0.480 e. The lowest BCUT2D eigenvalue weighted by Crippen LogP contribution is -1.93. The third-order valence-corrected chi connectivity index (χ3v) is 1.38. The van der Waals surface area contributed by atoms with E-state index in [0.29, 0.717) is 5.88 Å². The molecule has 0 saturated heterocycles. The van der Waals surface area contributed by atoms with Crippen molar-refractivity contribution in [2.45, 2.75) is 0 Å². The molecule has 0 aliphatic heterocycles. The van der Waals surface area contributed by atoms with Gasteiger partial charge in [0.2, 0.25) is 5.88 Å². The van der Waals surface area contributed by atoms with Crippen LogP contribution in [-0.4, -0.2) is 21.7 Å². The maximum absolute atomic E-state index is 4.92. The minimum atomic E-state index is 0.573. The third kappa shape index (κ3) is 0.920. The molecular weight excluding hydrogens is 142 g/mol. The molecular formula is C7H6N3O. The van der Waals surface area contributed by atoms with Crippen LogP contribution in [0.5, 0.6) is 5.88 Å². The summed E-state index contributed by atoms with van der Waals surface area (Å²) in [5, 5.41) is 4.05. The molecule has 1 radical (unpaired) electrons. The molecule has 0 saturated carbocycles. The number of methoxy groups -OCH3 is 1. The summed E-state index contributed by atoms with van der Waals surface area (Å²) >= 11 is 0. The maximum atomic E-state index is 4.92. The number of rotatable bonds is 1. The molecule has 0 aliphatic rings. The van der Waals surface area contributed by atoms with E-state index < -0.39 is 0 Å². The lowest BCUT2D eigenvalue weighted by atomic mass is 10.5. The molecule has 4 heteroatoms. The second-order valence-corrected chi connectivity index (χ2v) is 2.05. The van der Waals surface area contributed by atoms with Crippen LogP contribution in [0.3, 0.4) is 0 Å². The normalized spacial score (nSPS) is 10.3. The molecule has 2 rings (SSSR count). The zero-order chi connectivity index (χ0) is 7.68. The van der Waals surface area contributed by atoms with E-state index >= 15 is 0 Å². The van der Waals surface area contributed by atoms with Crippen molar-refractivity contribution >= 4 is 5.65 Å². The first-order chi connectivity index (χ1) is 5.40. The monoisotopic (exact) mass is 148 g/mol. The van der Waals surface area contributed by atoms with E-state index in [1.165, 1.54) is 0 Å². The minimum absolute atomic E-state index is 0.573. The Morgan fingerprint density at radius 1 is 1.55 bits per heavy atom. The van der Waals surface area contributed by atoms with Gasteiger partial charge in [0, 0.05) is 6.07 Å². The van der Waals surface area contributed by atoms with Gasteiger partial charge >= 0.3 is 0 Å². The topological polar surface area (TPSA) is 39.4 Å². The lowest BCUT2D eigenvalue weighted by molar-refractivity contribution is 0.390. The number of ether oxygens (including phenoxy) is 1. The van der Waals surface area contributed by atoms with E-state index in [-0.39, 0.29) is 0 Å². The molecule has 11 heavy (non-hydrogen) atoms. The Labute approximate surface area is 63.4 Å². The van der Waals surface area contributed by atoms with Gasteiger partial charge in [-0.1, -0.05) is 0 Å². The molecule has 0 aromatic carbocycles. The van der Waals surface area contributed by atoms with E-state index in [9.17, 15) is 0 Å². The molecule has 0 atom stereocenters. The molecule has 0 spiro atoms. The van der Waals surface area contributed by atoms with Gasteiger partial charge in [-0.3, -0.25) is 0 Å². The van der Waals surface area contributed by atoms with E-state index in [0.717, 1.165) is 5.65 Å². The average molecular weight is 148 g/mol. The smallest absolute Gasteiger partial charge is 0.231 e. The highest BCUT2D eigenvalue weighted by molar-refractivity contribution is 5.37. The molecule has 0 amide bonds. The Balaban J connectivity index is 2.67. The van der Waals surface area contributed by atoms with E-state index in [4.69, 9.17) is 4.74 Å². The van der Waals surface area contributed by atoms with Crippen molar-refractivity contribution in [3.63, 3.8) is 0 Å². The molecule has 0 fully saturated rings. The highest BCUT2D eigenvalue weighted by atomic mass is 16.5. The first-order valence-corrected chi connectivity index (χ1v) is 3.16. The summed E-state index contributed by atoms with van der Waals surface area (Å²) in [6.45, 7) is 0. The van der Waals surface area contributed by atoms with Gasteiger partial charge in [-0.25, -0.2) is 9.50 Å². The first-order valence-electron chi connectivity index (χ1n) is 3.16. The van der Waals surface area contributed by atoms with Gasteiger partial charge in [-0.05, 0) is 6.07 Å². The van der Waals surface area contributed by atoms with Gasteiger partial charge < -0.3 is 4.74 Å². The number of hydrogen-bond acceptors (Lipinski definition) is 3. The van der Waals surface area contributed by atoms with Gasteiger partial charge in [0.1, 0.15) is 6.20 Å². The quantitative estimate of drug-likeness (QED) is 0.592. The van der Waals surface area contributed by atoms with Crippen LogP contribution < -0.4 is 4.74 Å². The summed E-state index contributed by atoms with van der Waals surface area (Å²) < 4.78 is 6.53. The van der Waals surface area contributed by atoms with Crippen LogP contribution in [0.4, 0.5) is 0 Å². The highest BCUT2D eigenvalue weighted by Gasteiger charge is 1.95. The molecule has 0 unspecified atom stereocenters. The van der Waals surface area contributed by atoms with Crippen molar-refractivity contribution in [3.05, 3.63) is 24.5 Å². The summed E-state index contributed by atoms with van der Waals surface area (Å²) in [5.74, 6) is 0.573. The third-order valence-electron chi connectivity index (χ3n) is 1.38. The van der Waals surface area contributed by atoms with Gasteiger partial charge in [-0.2, -0.15) is 0 Å². The van der Waals surface area contributed by atoms with Crippen LogP contribution in [0.2, 0.25) is 0 Å². The van der Waals surface area contributed by atoms with Crippen LogP contribution in [0.1, 0.15) is 0 Å². The number of imidazole rings is 1. The van der Waals surface area contributed by atoms with Crippen molar-refractivity contribution in [2.24, 2.45) is 0 Å². The van der Waals surface area contributed by atoms with Crippen molar-refractivity contribution < 1.29 is 4.74 Å². The second-order valence-electron chi connectivity index (χ2n) is 2.05. The number of nitrogens with zero attached hydrogens (tertiary/aromatic N) is 3. The molecule has 4 nitrogen and oxygen atoms in total. The van der Waals surface area contributed by atoms with E-state index in [2.05, 4.69) is 16.3 Å². The van der Waals surface area contributed by atoms with Gasteiger partial charge in [0.05, 0.1) is 13.3 Å². The van der Waals surface area contributed by atoms with Gasteiger partial charge in [-0.15, -0.1) is 5.10 Å². The van der Waals surface area contributed by atoms with Crippen LogP contribution >= 0.6 is 0 Å². The fraction of sp³-hybridized carbons (Fsp3) is 0.143. The summed E-state index contributed by atoms with van der Waals surface area (Å²) in [6.07, 6.45) is 4.33. The van der Waals surface area contributed by atoms with E-state index in [1.807, 2.05) is 6.07 Å². The minimum Gasteiger partial charge on any atom is -0.480 e. The van der Waals surface area contributed by atoms with Crippen LogP contribution in [0, 0.1) is 6.20 Å². The zero-order valence-corrected chi connectivity index (χ0v) is 5.98. The van der Waals surface area contributed by atoms with Crippen LogP contribution in [0.15, 0.2) is 18.3 Å². The molecule has 55 valence electrons. The molecule has 0 N–H and O–H groups in total. The number of aromatic nitrogens is 3. The standard InChI is InChI=1S/C7H6N3O/c1-11-7-3-2-6-8-4-5-10(6)9-7/h2-3,5H,1H3. The van der Waals surface area contributed by atoms with Crippen molar-refractivity contribution in [3.8, 4) is 5.88 Å². The molecule has 0 bridgehead atoms. The molecule has 2 aromatic rings. The SMILES string of the molecule is COc1ccc2n[c]cn2n1. The zero-order valence-electron chi connectivity index (χ0n) is 5.98. The fourth-order valence-electron chi connectivity index (χ4n) is 0.855. The average Bonchev–Trinajstić information content (AvgIpc) is 2.50. The second kappa shape index (κ2) is 2.23. The molecule has 2 heterocycles. The predicted molar refractivity (Wildman–Crippen MR) is 38.4 cm³/mol. The summed E-state index contributed by atoms with van der Waals surface area (Å²) in [6, 6.07) is 3.58. The molecule has 0 aliphatic carbocycles. The lowest BCUT2D eigenvalue weighted by Gasteiger charge is -1.96. The highest BCUT2D eigenvalue weighted by Crippen LogP contribution is 2.05. The van der Waals surface area contributed by atoms with Crippen molar-refractivity contribution in [1.29, 1.82) is 0 Å². The summed E-state index contributed by atoms with van der Waals surface area (Å²) in [5.41, 5.74) is 0.769. The van der Waals surface area contributed by atoms with E-state index in [1.54, 1.807) is 23.9 Å².